The van der Waals surface area contributed by atoms with Crippen molar-refractivity contribution in [1.82, 2.24) is 5.43 Å². The fourth-order valence-electron chi connectivity index (χ4n) is 2.57. The van der Waals surface area contributed by atoms with Gasteiger partial charge < -0.3 is 9.47 Å². The van der Waals surface area contributed by atoms with E-state index in [-0.39, 0.29) is 12.5 Å². The van der Waals surface area contributed by atoms with Gasteiger partial charge in [-0.05, 0) is 54.1 Å². The zero-order chi connectivity index (χ0) is 20.6. The van der Waals surface area contributed by atoms with E-state index in [1.807, 2.05) is 30.3 Å². The largest absolute Gasteiger partial charge is 0.496 e. The van der Waals surface area contributed by atoms with Crippen LogP contribution in [-0.2, 0) is 6.61 Å². The predicted molar refractivity (Wildman–Crippen MR) is 115 cm³/mol. The summed E-state index contributed by atoms with van der Waals surface area (Å²) in [7, 11) is 1.59. The van der Waals surface area contributed by atoms with Crippen LogP contribution in [0.2, 0.25) is 10.0 Å². The first-order valence-electron chi connectivity index (χ1n) is 8.70. The van der Waals surface area contributed by atoms with Crippen molar-refractivity contribution in [1.29, 1.82) is 0 Å². The monoisotopic (exact) mass is 428 g/mol. The Morgan fingerprint density at radius 2 is 1.86 bits per heavy atom. The first-order valence-corrected chi connectivity index (χ1v) is 9.45. The van der Waals surface area contributed by atoms with Gasteiger partial charge in [-0.1, -0.05) is 41.4 Å². The highest BCUT2D eigenvalue weighted by Gasteiger charge is 2.08. The van der Waals surface area contributed by atoms with Crippen molar-refractivity contribution >= 4 is 35.3 Å². The van der Waals surface area contributed by atoms with E-state index in [2.05, 4.69) is 10.5 Å². The molecule has 0 spiro atoms. The van der Waals surface area contributed by atoms with Gasteiger partial charge in [-0.25, -0.2) is 5.43 Å². The van der Waals surface area contributed by atoms with Crippen molar-refractivity contribution in [2.75, 3.05) is 7.11 Å². The number of hydrogen-bond donors (Lipinski definition) is 1. The third-order valence-electron chi connectivity index (χ3n) is 3.99. The van der Waals surface area contributed by atoms with Gasteiger partial charge in [-0.15, -0.1) is 0 Å². The summed E-state index contributed by atoms with van der Waals surface area (Å²) in [6.07, 6.45) is 1.54. The number of nitrogens with zero attached hydrogens (tertiary/aromatic N) is 1. The second kappa shape index (κ2) is 9.96. The van der Waals surface area contributed by atoms with Crippen LogP contribution in [0, 0.1) is 0 Å². The Kier molecular flexibility index (Phi) is 7.11. The van der Waals surface area contributed by atoms with Crippen LogP contribution >= 0.6 is 23.2 Å². The Morgan fingerprint density at radius 3 is 2.62 bits per heavy atom. The van der Waals surface area contributed by atoms with Crippen LogP contribution in [0.1, 0.15) is 21.5 Å². The van der Waals surface area contributed by atoms with E-state index in [1.165, 1.54) is 0 Å². The summed E-state index contributed by atoms with van der Waals surface area (Å²) in [5.41, 5.74) is 4.50. The fraction of sp³-hybridized carbons (Fsp3) is 0.0909. The number of carbonyl (C=O) groups excluding carboxylic acids is 1. The standard InChI is InChI=1S/C22H18Cl2N2O3/c1-28-20-10-9-15(11-17(20)14-29-21-8-3-2-7-19(21)24)13-25-26-22(27)16-5-4-6-18(23)12-16/h2-13H,14H2,1H3,(H,26,27)/b25-13+. The number of halogens is 2. The van der Waals surface area contributed by atoms with Crippen molar-refractivity contribution in [3.63, 3.8) is 0 Å². The lowest BCUT2D eigenvalue weighted by Gasteiger charge is -2.12. The number of amides is 1. The molecule has 0 aliphatic rings. The Labute approximate surface area is 178 Å². The average Bonchev–Trinajstić information content (AvgIpc) is 2.73. The minimum atomic E-state index is -0.348. The van der Waals surface area contributed by atoms with Gasteiger partial charge in [-0.3, -0.25) is 4.79 Å². The summed E-state index contributed by atoms with van der Waals surface area (Å²) in [6.45, 7) is 0.267. The van der Waals surface area contributed by atoms with Crippen LogP contribution in [-0.4, -0.2) is 19.2 Å². The fourth-order valence-corrected chi connectivity index (χ4v) is 2.95. The molecule has 0 radical (unpaired) electrons. The van der Waals surface area contributed by atoms with E-state index in [4.69, 9.17) is 32.7 Å². The highest BCUT2D eigenvalue weighted by atomic mass is 35.5. The number of hydrogen-bond acceptors (Lipinski definition) is 4. The van der Waals surface area contributed by atoms with Crippen LogP contribution in [0.25, 0.3) is 0 Å². The van der Waals surface area contributed by atoms with Crippen molar-refractivity contribution < 1.29 is 14.3 Å². The number of methoxy groups -OCH3 is 1. The van der Waals surface area contributed by atoms with Gasteiger partial charge in [0.05, 0.1) is 18.3 Å². The number of rotatable bonds is 7. The minimum Gasteiger partial charge on any atom is -0.496 e. The van der Waals surface area contributed by atoms with E-state index in [0.717, 1.165) is 11.1 Å². The number of nitrogens with one attached hydrogen (secondary N) is 1. The molecule has 0 fully saturated rings. The summed E-state index contributed by atoms with van der Waals surface area (Å²) in [6, 6.07) is 19.4. The Bertz CT molecular complexity index is 1040. The third-order valence-corrected chi connectivity index (χ3v) is 4.54. The molecular formula is C22H18Cl2N2O3. The molecule has 1 N–H and O–H groups in total. The quantitative estimate of drug-likeness (QED) is 0.407. The molecule has 0 atom stereocenters. The molecule has 1 amide bonds. The zero-order valence-corrected chi connectivity index (χ0v) is 17.1. The smallest absolute Gasteiger partial charge is 0.271 e. The Morgan fingerprint density at radius 1 is 1.03 bits per heavy atom. The van der Waals surface area contributed by atoms with Crippen LogP contribution in [0.4, 0.5) is 0 Å². The molecule has 3 rings (SSSR count). The molecule has 3 aromatic rings. The first-order chi connectivity index (χ1) is 14.1. The molecule has 3 aromatic carbocycles. The second-order valence-corrected chi connectivity index (χ2v) is 6.84. The molecule has 0 heterocycles. The molecule has 0 bridgehead atoms. The van der Waals surface area contributed by atoms with Crippen molar-refractivity contribution in [2.24, 2.45) is 5.10 Å². The maximum atomic E-state index is 12.1. The lowest BCUT2D eigenvalue weighted by Crippen LogP contribution is -2.17. The van der Waals surface area contributed by atoms with E-state index in [9.17, 15) is 4.79 Å². The molecule has 0 saturated carbocycles. The van der Waals surface area contributed by atoms with Gasteiger partial charge in [0.25, 0.3) is 5.91 Å². The number of ether oxygens (including phenoxy) is 2. The van der Waals surface area contributed by atoms with Gasteiger partial charge in [-0.2, -0.15) is 5.10 Å². The molecule has 7 heteroatoms. The molecular weight excluding hydrogens is 411 g/mol. The van der Waals surface area contributed by atoms with Crippen LogP contribution in [0.5, 0.6) is 11.5 Å². The molecule has 5 nitrogen and oxygen atoms in total. The number of carbonyl (C=O) groups is 1. The summed E-state index contributed by atoms with van der Waals surface area (Å²) in [5.74, 6) is 0.917. The van der Waals surface area contributed by atoms with Crippen LogP contribution in [0.3, 0.4) is 0 Å². The van der Waals surface area contributed by atoms with Gasteiger partial charge in [0.1, 0.15) is 18.1 Å². The highest BCUT2D eigenvalue weighted by Crippen LogP contribution is 2.26. The van der Waals surface area contributed by atoms with Crippen molar-refractivity contribution in [3.05, 3.63) is 93.5 Å². The Hall–Kier alpha value is -3.02. The lowest BCUT2D eigenvalue weighted by atomic mass is 10.1. The van der Waals surface area contributed by atoms with Gasteiger partial charge in [0.15, 0.2) is 0 Å². The minimum absolute atomic E-state index is 0.267. The van der Waals surface area contributed by atoms with Crippen molar-refractivity contribution in [3.8, 4) is 11.5 Å². The summed E-state index contributed by atoms with van der Waals surface area (Å²) < 4.78 is 11.2. The van der Waals surface area contributed by atoms with Gasteiger partial charge in [0.2, 0.25) is 0 Å². The first kappa shape index (κ1) is 20.7. The number of hydrazone groups is 1. The second-order valence-electron chi connectivity index (χ2n) is 6.00. The molecule has 29 heavy (non-hydrogen) atoms. The molecule has 0 saturated heterocycles. The number of para-hydroxylation sites is 1. The molecule has 0 aromatic heterocycles. The summed E-state index contributed by atoms with van der Waals surface area (Å²) in [4.78, 5) is 12.1. The third kappa shape index (κ3) is 5.73. The van der Waals surface area contributed by atoms with E-state index >= 15 is 0 Å². The van der Waals surface area contributed by atoms with Gasteiger partial charge in [0, 0.05) is 16.1 Å². The normalized spacial score (nSPS) is 10.7. The Balaban J connectivity index is 1.68. The maximum absolute atomic E-state index is 12.1. The summed E-state index contributed by atoms with van der Waals surface area (Å²) >= 11 is 12.0. The molecule has 0 unspecified atom stereocenters. The van der Waals surface area contributed by atoms with E-state index in [1.54, 1.807) is 49.7 Å². The van der Waals surface area contributed by atoms with Crippen molar-refractivity contribution in [2.45, 2.75) is 6.61 Å². The van der Waals surface area contributed by atoms with Crippen LogP contribution < -0.4 is 14.9 Å². The summed E-state index contributed by atoms with van der Waals surface area (Å²) in [5, 5.41) is 5.03. The zero-order valence-electron chi connectivity index (χ0n) is 15.6. The van der Waals surface area contributed by atoms with E-state index < -0.39 is 0 Å². The molecule has 148 valence electrons. The average molecular weight is 429 g/mol. The van der Waals surface area contributed by atoms with Crippen LogP contribution in [0.15, 0.2) is 71.8 Å². The molecule has 0 aliphatic heterocycles. The lowest BCUT2D eigenvalue weighted by molar-refractivity contribution is 0.0955. The highest BCUT2D eigenvalue weighted by molar-refractivity contribution is 6.32. The number of benzene rings is 3. The van der Waals surface area contributed by atoms with Gasteiger partial charge >= 0.3 is 0 Å². The molecule has 0 aliphatic carbocycles. The van der Waals surface area contributed by atoms with E-state index in [0.29, 0.717) is 27.1 Å². The SMILES string of the molecule is COc1ccc(/C=N/NC(=O)c2cccc(Cl)c2)cc1COc1ccccc1Cl. The maximum Gasteiger partial charge on any atom is 0.271 e. The topological polar surface area (TPSA) is 59.9 Å². The predicted octanol–water partition coefficient (Wildman–Crippen LogP) is 5.34.